The molecule has 0 atom stereocenters. The summed E-state index contributed by atoms with van der Waals surface area (Å²) < 4.78 is 10.6. The van der Waals surface area contributed by atoms with Gasteiger partial charge in [-0.2, -0.15) is 0 Å². The van der Waals surface area contributed by atoms with Gasteiger partial charge in [0, 0.05) is 19.1 Å². The zero-order chi connectivity index (χ0) is 17.6. The highest BCUT2D eigenvalue weighted by atomic mass is 16.5. The third-order valence-corrected chi connectivity index (χ3v) is 4.13. The molecule has 1 saturated heterocycles. The van der Waals surface area contributed by atoms with Crippen LogP contribution >= 0.6 is 0 Å². The third-order valence-electron chi connectivity index (χ3n) is 4.13. The van der Waals surface area contributed by atoms with E-state index in [1.807, 2.05) is 25.1 Å². The number of benzene rings is 1. The highest BCUT2D eigenvalue weighted by molar-refractivity contribution is 5.91. The Bertz CT molecular complexity index is 728. The van der Waals surface area contributed by atoms with Crippen LogP contribution in [0.25, 0.3) is 0 Å². The maximum Gasteiger partial charge on any atom is 0.228 e. The fourth-order valence-corrected chi connectivity index (χ4v) is 2.71. The van der Waals surface area contributed by atoms with E-state index in [0.29, 0.717) is 24.8 Å². The number of hydrogen-bond acceptors (Lipinski definition) is 6. The van der Waals surface area contributed by atoms with Gasteiger partial charge in [-0.15, -0.1) is 10.2 Å². The minimum atomic E-state index is -0.0290. The number of aromatic nitrogens is 2. The summed E-state index contributed by atoms with van der Waals surface area (Å²) in [6, 6.07) is 9.35. The van der Waals surface area contributed by atoms with Crippen molar-refractivity contribution in [3.8, 4) is 5.75 Å². The van der Waals surface area contributed by atoms with Gasteiger partial charge in [-0.3, -0.25) is 4.79 Å². The van der Waals surface area contributed by atoms with Crippen molar-refractivity contribution in [2.45, 2.75) is 19.8 Å². The first-order chi connectivity index (χ1) is 12.2. The molecule has 132 valence electrons. The van der Waals surface area contributed by atoms with E-state index in [4.69, 9.17) is 9.47 Å². The fourth-order valence-electron chi connectivity index (χ4n) is 2.71. The molecule has 1 aromatic heterocycles. The smallest absolute Gasteiger partial charge is 0.228 e. The van der Waals surface area contributed by atoms with Gasteiger partial charge in [-0.05, 0) is 49.6 Å². The Labute approximate surface area is 146 Å². The summed E-state index contributed by atoms with van der Waals surface area (Å²) in [7, 11) is 1.62. The first-order valence-electron chi connectivity index (χ1n) is 8.29. The van der Waals surface area contributed by atoms with Gasteiger partial charge in [0.05, 0.1) is 12.8 Å². The van der Waals surface area contributed by atoms with E-state index in [2.05, 4.69) is 20.8 Å². The van der Waals surface area contributed by atoms with Crippen LogP contribution in [-0.4, -0.2) is 36.4 Å². The second-order valence-electron chi connectivity index (χ2n) is 6.01. The van der Waals surface area contributed by atoms with Crippen molar-refractivity contribution in [3.63, 3.8) is 0 Å². The summed E-state index contributed by atoms with van der Waals surface area (Å²) in [5, 5.41) is 14.2. The first kappa shape index (κ1) is 17.2. The monoisotopic (exact) mass is 342 g/mol. The van der Waals surface area contributed by atoms with Gasteiger partial charge in [-0.1, -0.05) is 6.07 Å². The van der Waals surface area contributed by atoms with Crippen LogP contribution in [0.4, 0.5) is 17.3 Å². The van der Waals surface area contributed by atoms with Crippen LogP contribution in [0, 0.1) is 12.8 Å². The SMILES string of the molecule is COc1ccc(C)cc1Nc1ccc(NC(=O)C2CCOCC2)nn1. The number of nitrogens with one attached hydrogen (secondary N) is 2. The maximum atomic E-state index is 12.2. The van der Waals surface area contributed by atoms with E-state index in [1.54, 1.807) is 19.2 Å². The first-order valence-corrected chi connectivity index (χ1v) is 8.29. The summed E-state index contributed by atoms with van der Waals surface area (Å²) in [5.74, 6) is 1.69. The van der Waals surface area contributed by atoms with Crippen LogP contribution in [0.1, 0.15) is 18.4 Å². The molecule has 7 heteroatoms. The molecule has 2 aromatic rings. The summed E-state index contributed by atoms with van der Waals surface area (Å²) in [5.41, 5.74) is 1.92. The molecule has 3 rings (SSSR count). The minimum absolute atomic E-state index is 0.0232. The molecule has 2 heterocycles. The molecular formula is C18H22N4O3. The van der Waals surface area contributed by atoms with Gasteiger partial charge in [0.25, 0.3) is 0 Å². The van der Waals surface area contributed by atoms with Crippen LogP contribution in [0.15, 0.2) is 30.3 Å². The van der Waals surface area contributed by atoms with Crippen LogP contribution in [0.2, 0.25) is 0 Å². The van der Waals surface area contributed by atoms with Gasteiger partial charge in [0.15, 0.2) is 11.6 Å². The van der Waals surface area contributed by atoms with E-state index in [1.165, 1.54) is 0 Å². The number of carbonyl (C=O) groups excluding carboxylic acids is 1. The molecule has 1 aliphatic rings. The zero-order valence-corrected chi connectivity index (χ0v) is 14.4. The predicted octanol–water partition coefficient (Wildman–Crippen LogP) is 2.90. The highest BCUT2D eigenvalue weighted by Gasteiger charge is 2.21. The molecule has 1 amide bonds. The molecule has 0 radical (unpaired) electrons. The molecule has 1 fully saturated rings. The quantitative estimate of drug-likeness (QED) is 0.869. The molecular weight excluding hydrogens is 320 g/mol. The molecule has 7 nitrogen and oxygen atoms in total. The van der Waals surface area contributed by atoms with Crippen LogP contribution < -0.4 is 15.4 Å². The van der Waals surface area contributed by atoms with E-state index in [9.17, 15) is 4.79 Å². The second-order valence-corrected chi connectivity index (χ2v) is 6.01. The number of anilines is 3. The average molecular weight is 342 g/mol. The third kappa shape index (κ3) is 4.45. The summed E-state index contributed by atoms with van der Waals surface area (Å²) in [6.07, 6.45) is 1.48. The lowest BCUT2D eigenvalue weighted by Gasteiger charge is -2.20. The average Bonchev–Trinajstić information content (AvgIpc) is 2.64. The fraction of sp³-hybridized carbons (Fsp3) is 0.389. The Kier molecular flexibility index (Phi) is 5.45. The van der Waals surface area contributed by atoms with Crippen LogP contribution in [0.5, 0.6) is 5.75 Å². The largest absolute Gasteiger partial charge is 0.495 e. The van der Waals surface area contributed by atoms with E-state index in [0.717, 1.165) is 29.8 Å². The number of carbonyl (C=O) groups is 1. The van der Waals surface area contributed by atoms with E-state index >= 15 is 0 Å². The van der Waals surface area contributed by atoms with Crippen molar-refractivity contribution < 1.29 is 14.3 Å². The lowest BCUT2D eigenvalue weighted by Crippen LogP contribution is -2.28. The number of methoxy groups -OCH3 is 1. The maximum absolute atomic E-state index is 12.2. The number of rotatable bonds is 5. The van der Waals surface area contributed by atoms with Crippen molar-refractivity contribution in [1.82, 2.24) is 10.2 Å². The number of aryl methyl sites for hydroxylation is 1. The molecule has 1 aromatic carbocycles. The summed E-state index contributed by atoms with van der Waals surface area (Å²) >= 11 is 0. The number of hydrogen-bond donors (Lipinski definition) is 2. The molecule has 0 unspecified atom stereocenters. The molecule has 2 N–H and O–H groups in total. The van der Waals surface area contributed by atoms with Gasteiger partial charge < -0.3 is 20.1 Å². The molecule has 0 bridgehead atoms. The molecule has 0 saturated carbocycles. The Morgan fingerprint density at radius 1 is 1.16 bits per heavy atom. The van der Waals surface area contributed by atoms with Crippen LogP contribution in [0.3, 0.4) is 0 Å². The Morgan fingerprint density at radius 2 is 1.88 bits per heavy atom. The summed E-state index contributed by atoms with van der Waals surface area (Å²) in [4.78, 5) is 12.2. The van der Waals surface area contributed by atoms with Crippen molar-refractivity contribution in [2.75, 3.05) is 31.0 Å². The zero-order valence-electron chi connectivity index (χ0n) is 14.4. The Balaban J connectivity index is 1.64. The Hall–Kier alpha value is -2.67. The normalized spacial score (nSPS) is 14.8. The van der Waals surface area contributed by atoms with E-state index < -0.39 is 0 Å². The second kappa shape index (κ2) is 7.94. The van der Waals surface area contributed by atoms with Gasteiger partial charge >= 0.3 is 0 Å². The topological polar surface area (TPSA) is 85.4 Å². The van der Waals surface area contributed by atoms with Gasteiger partial charge in [-0.25, -0.2) is 0 Å². The molecule has 0 aliphatic carbocycles. The minimum Gasteiger partial charge on any atom is -0.495 e. The lowest BCUT2D eigenvalue weighted by molar-refractivity contribution is -0.122. The number of amides is 1. The van der Waals surface area contributed by atoms with Crippen molar-refractivity contribution >= 4 is 23.2 Å². The van der Waals surface area contributed by atoms with E-state index in [-0.39, 0.29) is 11.8 Å². The standard InChI is InChI=1S/C18H22N4O3/c1-12-3-4-15(24-2)14(11-12)19-16-5-6-17(22-21-16)20-18(23)13-7-9-25-10-8-13/h3-6,11,13H,7-10H2,1-2H3,(H,19,21)(H,20,22,23). The summed E-state index contributed by atoms with van der Waals surface area (Å²) in [6.45, 7) is 3.27. The molecule has 0 spiro atoms. The van der Waals surface area contributed by atoms with Gasteiger partial charge in [0.2, 0.25) is 5.91 Å². The van der Waals surface area contributed by atoms with Crippen LogP contribution in [-0.2, 0) is 9.53 Å². The predicted molar refractivity (Wildman–Crippen MR) is 95.2 cm³/mol. The highest BCUT2D eigenvalue weighted by Crippen LogP contribution is 2.27. The number of nitrogens with zero attached hydrogens (tertiary/aromatic N) is 2. The number of ether oxygens (including phenoxy) is 2. The van der Waals surface area contributed by atoms with Gasteiger partial charge in [0.1, 0.15) is 5.75 Å². The van der Waals surface area contributed by atoms with Crippen molar-refractivity contribution in [2.24, 2.45) is 5.92 Å². The lowest BCUT2D eigenvalue weighted by atomic mass is 9.99. The Morgan fingerprint density at radius 3 is 2.56 bits per heavy atom. The molecule has 1 aliphatic heterocycles. The van der Waals surface area contributed by atoms with Crippen molar-refractivity contribution in [1.29, 1.82) is 0 Å². The van der Waals surface area contributed by atoms with Crippen molar-refractivity contribution in [3.05, 3.63) is 35.9 Å². The molecule has 25 heavy (non-hydrogen) atoms.